The van der Waals surface area contributed by atoms with Crippen LogP contribution in [0.2, 0.25) is 0 Å². The molecule has 2 rings (SSSR count). The van der Waals surface area contributed by atoms with Gasteiger partial charge < -0.3 is 9.57 Å². The normalized spacial score (nSPS) is 11.7. The highest BCUT2D eigenvalue weighted by Crippen LogP contribution is 2.23. The fourth-order valence-electron chi connectivity index (χ4n) is 1.94. The molecule has 0 fully saturated rings. The quantitative estimate of drug-likeness (QED) is 0.570. The summed E-state index contributed by atoms with van der Waals surface area (Å²) in [6.07, 6.45) is -2.22. The van der Waals surface area contributed by atoms with Gasteiger partial charge in [-0.15, -0.1) is 13.2 Å². The minimum Gasteiger partial charge on any atom is -0.406 e. The van der Waals surface area contributed by atoms with Crippen LogP contribution in [0.1, 0.15) is 23.6 Å². The molecule has 23 heavy (non-hydrogen) atoms. The highest BCUT2D eigenvalue weighted by molar-refractivity contribution is 5.79. The van der Waals surface area contributed by atoms with E-state index in [2.05, 4.69) is 16.8 Å². The molecule has 0 radical (unpaired) electrons. The maximum Gasteiger partial charge on any atom is 0.573 e. The lowest BCUT2D eigenvalue weighted by molar-refractivity contribution is -0.274. The average Bonchev–Trinajstić information content (AvgIpc) is 2.50. The molecule has 3 nitrogen and oxygen atoms in total. The smallest absolute Gasteiger partial charge is 0.406 e. The summed E-state index contributed by atoms with van der Waals surface area (Å²) in [5, 5.41) is 3.83. The van der Waals surface area contributed by atoms with Gasteiger partial charge in [-0.2, -0.15) is 0 Å². The van der Waals surface area contributed by atoms with E-state index in [1.165, 1.54) is 23.8 Å². The van der Waals surface area contributed by atoms with Gasteiger partial charge in [0.1, 0.15) is 12.4 Å². The molecule has 122 valence electrons. The van der Waals surface area contributed by atoms with Crippen LogP contribution >= 0.6 is 0 Å². The van der Waals surface area contributed by atoms with Crippen LogP contribution in [-0.2, 0) is 17.9 Å². The number of hydrogen-bond acceptors (Lipinski definition) is 3. The third kappa shape index (κ3) is 6.02. The van der Waals surface area contributed by atoms with Crippen LogP contribution in [0.5, 0.6) is 5.75 Å². The summed E-state index contributed by atoms with van der Waals surface area (Å²) in [4.78, 5) is 5.11. The highest BCUT2D eigenvalue weighted by atomic mass is 19.4. The van der Waals surface area contributed by atoms with Crippen molar-refractivity contribution < 1.29 is 22.7 Å². The number of aryl methyl sites for hydroxylation is 1. The Bertz CT molecular complexity index is 669. The Labute approximate surface area is 132 Å². The van der Waals surface area contributed by atoms with Crippen molar-refractivity contribution in [3.05, 3.63) is 65.2 Å². The monoisotopic (exact) mass is 323 g/mol. The fraction of sp³-hybridized carbons (Fsp3) is 0.235. The van der Waals surface area contributed by atoms with E-state index in [9.17, 15) is 13.2 Å². The summed E-state index contributed by atoms with van der Waals surface area (Å²) in [5.74, 6) is -0.279. The molecule has 0 saturated heterocycles. The average molecular weight is 323 g/mol. The van der Waals surface area contributed by atoms with Crippen LogP contribution in [-0.4, -0.2) is 12.6 Å². The lowest BCUT2D eigenvalue weighted by atomic mass is 10.1. The van der Waals surface area contributed by atoms with Crippen molar-refractivity contribution in [2.75, 3.05) is 0 Å². The molecule has 0 N–H and O–H groups in total. The van der Waals surface area contributed by atoms with E-state index < -0.39 is 6.36 Å². The molecule has 2 aromatic carbocycles. The van der Waals surface area contributed by atoms with Gasteiger partial charge in [0.2, 0.25) is 0 Å². The molecule has 0 atom stereocenters. The van der Waals surface area contributed by atoms with Gasteiger partial charge in [-0.3, -0.25) is 0 Å². The lowest BCUT2D eigenvalue weighted by Crippen LogP contribution is -2.17. The Morgan fingerprint density at radius 3 is 2.52 bits per heavy atom. The molecule has 0 bridgehead atoms. The van der Waals surface area contributed by atoms with Crippen LogP contribution in [0.25, 0.3) is 0 Å². The van der Waals surface area contributed by atoms with Gasteiger partial charge >= 0.3 is 6.36 Å². The van der Waals surface area contributed by atoms with E-state index >= 15 is 0 Å². The first kappa shape index (κ1) is 16.9. The number of oxime groups is 1. The zero-order valence-electron chi connectivity index (χ0n) is 12.5. The van der Waals surface area contributed by atoms with Crippen molar-refractivity contribution in [3.63, 3.8) is 0 Å². The minimum atomic E-state index is -4.71. The molecule has 0 spiro atoms. The molecule has 0 aliphatic carbocycles. The number of benzene rings is 2. The third-order valence-electron chi connectivity index (χ3n) is 3.00. The standard InChI is InChI=1S/C17H16F3NO2/c1-2-13-5-3-6-14(9-13)11-21-22-12-15-7-4-8-16(10-15)23-17(18,19)20/h3-11H,2,12H2,1H3. The van der Waals surface area contributed by atoms with Crippen molar-refractivity contribution in [2.24, 2.45) is 5.16 Å². The van der Waals surface area contributed by atoms with Gasteiger partial charge in [-0.05, 0) is 35.2 Å². The Morgan fingerprint density at radius 2 is 1.78 bits per heavy atom. The molecule has 6 heteroatoms. The van der Waals surface area contributed by atoms with E-state index in [1.54, 1.807) is 12.3 Å². The van der Waals surface area contributed by atoms with E-state index in [4.69, 9.17) is 4.84 Å². The summed E-state index contributed by atoms with van der Waals surface area (Å²) in [6.45, 7) is 2.11. The molecule has 0 aliphatic heterocycles. The predicted molar refractivity (Wildman–Crippen MR) is 81.3 cm³/mol. The molecular weight excluding hydrogens is 307 g/mol. The number of nitrogens with zero attached hydrogens (tertiary/aromatic N) is 1. The molecule has 0 aliphatic rings. The lowest BCUT2D eigenvalue weighted by Gasteiger charge is -2.09. The predicted octanol–water partition coefficient (Wildman–Crippen LogP) is 4.70. The van der Waals surface area contributed by atoms with Gasteiger partial charge in [0.05, 0.1) is 6.21 Å². The van der Waals surface area contributed by atoms with Gasteiger partial charge in [-0.25, -0.2) is 0 Å². The molecule has 0 aromatic heterocycles. The van der Waals surface area contributed by atoms with Crippen molar-refractivity contribution >= 4 is 6.21 Å². The van der Waals surface area contributed by atoms with Gasteiger partial charge in [0.15, 0.2) is 0 Å². The van der Waals surface area contributed by atoms with Crippen LogP contribution in [0.4, 0.5) is 13.2 Å². The van der Waals surface area contributed by atoms with Gasteiger partial charge in [0.25, 0.3) is 0 Å². The number of ether oxygens (including phenoxy) is 1. The summed E-state index contributed by atoms with van der Waals surface area (Å²) in [7, 11) is 0. The number of hydrogen-bond donors (Lipinski definition) is 0. The number of rotatable bonds is 6. The Balaban J connectivity index is 1.90. The van der Waals surface area contributed by atoms with Gasteiger partial charge in [0, 0.05) is 0 Å². The topological polar surface area (TPSA) is 30.8 Å². The van der Waals surface area contributed by atoms with Crippen LogP contribution < -0.4 is 4.74 Å². The maximum atomic E-state index is 12.2. The first-order valence-corrected chi connectivity index (χ1v) is 7.05. The first-order valence-electron chi connectivity index (χ1n) is 7.05. The van der Waals surface area contributed by atoms with Crippen molar-refractivity contribution in [3.8, 4) is 5.75 Å². The summed E-state index contributed by atoms with van der Waals surface area (Å²) in [5.41, 5.74) is 2.62. The Morgan fingerprint density at radius 1 is 1.04 bits per heavy atom. The van der Waals surface area contributed by atoms with Crippen molar-refractivity contribution in [2.45, 2.75) is 26.3 Å². The SMILES string of the molecule is CCc1cccc(C=NOCc2cccc(OC(F)(F)F)c2)c1. The largest absolute Gasteiger partial charge is 0.573 e. The molecule has 0 amide bonds. The Hall–Kier alpha value is -2.50. The van der Waals surface area contributed by atoms with E-state index in [0.29, 0.717) is 5.56 Å². The number of halogens is 3. The zero-order valence-corrected chi connectivity index (χ0v) is 12.5. The van der Waals surface area contributed by atoms with Crippen molar-refractivity contribution in [1.29, 1.82) is 0 Å². The van der Waals surface area contributed by atoms with E-state index in [0.717, 1.165) is 12.0 Å². The van der Waals surface area contributed by atoms with E-state index in [1.807, 2.05) is 24.3 Å². The molecular formula is C17H16F3NO2. The van der Waals surface area contributed by atoms with Gasteiger partial charge in [-0.1, -0.05) is 48.5 Å². The summed E-state index contributed by atoms with van der Waals surface area (Å²) < 4.78 is 40.3. The van der Waals surface area contributed by atoms with E-state index in [-0.39, 0.29) is 12.4 Å². The third-order valence-corrected chi connectivity index (χ3v) is 3.00. The van der Waals surface area contributed by atoms with Crippen LogP contribution in [0, 0.1) is 0 Å². The number of alkyl halides is 3. The second-order valence-electron chi connectivity index (χ2n) is 4.80. The molecule has 0 heterocycles. The fourth-order valence-corrected chi connectivity index (χ4v) is 1.94. The highest BCUT2D eigenvalue weighted by Gasteiger charge is 2.31. The molecule has 0 unspecified atom stereocenters. The van der Waals surface area contributed by atoms with Crippen LogP contribution in [0.3, 0.4) is 0 Å². The summed E-state index contributed by atoms with van der Waals surface area (Å²) >= 11 is 0. The Kier molecular flexibility index (Phi) is 5.62. The second kappa shape index (κ2) is 7.67. The maximum absolute atomic E-state index is 12.2. The van der Waals surface area contributed by atoms with Crippen LogP contribution in [0.15, 0.2) is 53.7 Å². The molecule has 0 saturated carbocycles. The summed E-state index contributed by atoms with van der Waals surface area (Å²) in [6, 6.07) is 13.4. The minimum absolute atomic E-state index is 0.0546. The molecule has 2 aromatic rings. The van der Waals surface area contributed by atoms with Crippen molar-refractivity contribution in [1.82, 2.24) is 0 Å². The first-order chi connectivity index (χ1) is 11.0. The zero-order chi connectivity index (χ0) is 16.7. The second-order valence-corrected chi connectivity index (χ2v) is 4.80.